The fourth-order valence-electron chi connectivity index (χ4n) is 3.10. The zero-order valence-electron chi connectivity index (χ0n) is 11.3. The molecule has 0 spiro atoms. The molecule has 0 saturated heterocycles. The number of rotatable bonds is 3. The molecule has 0 radical (unpaired) electrons. The highest BCUT2D eigenvalue weighted by Gasteiger charge is 2.21. The summed E-state index contributed by atoms with van der Waals surface area (Å²) in [6.45, 7) is 4.13. The van der Waals surface area contributed by atoms with Crippen molar-refractivity contribution in [1.82, 2.24) is 5.32 Å². The van der Waals surface area contributed by atoms with Crippen molar-refractivity contribution in [3.05, 3.63) is 28.8 Å². The van der Waals surface area contributed by atoms with Crippen LogP contribution in [0.15, 0.2) is 12.1 Å². The SMILES string of the molecule is CCCNC1COc2cc3c(cc2C1)CCCC3. The summed E-state index contributed by atoms with van der Waals surface area (Å²) in [7, 11) is 0. The van der Waals surface area contributed by atoms with Crippen molar-refractivity contribution in [3.63, 3.8) is 0 Å². The summed E-state index contributed by atoms with van der Waals surface area (Å²) < 4.78 is 5.94. The standard InChI is InChI=1S/C16H23NO/c1-2-7-17-15-9-14-8-12-5-3-4-6-13(12)10-16(14)18-11-15/h8,10,15,17H,2-7,9,11H2,1H3. The molecular formula is C16H23NO. The molecule has 98 valence electrons. The maximum absolute atomic E-state index is 5.94. The van der Waals surface area contributed by atoms with Crippen molar-refractivity contribution >= 4 is 0 Å². The second-order valence-electron chi connectivity index (χ2n) is 5.60. The van der Waals surface area contributed by atoms with Crippen LogP contribution in [0.3, 0.4) is 0 Å². The monoisotopic (exact) mass is 245 g/mol. The lowest BCUT2D eigenvalue weighted by atomic mass is 9.88. The highest BCUT2D eigenvalue weighted by atomic mass is 16.5. The Morgan fingerprint density at radius 1 is 1.17 bits per heavy atom. The van der Waals surface area contributed by atoms with Crippen LogP contribution in [-0.2, 0) is 19.3 Å². The molecule has 3 rings (SSSR count). The molecule has 1 atom stereocenters. The van der Waals surface area contributed by atoms with Crippen molar-refractivity contribution in [2.24, 2.45) is 0 Å². The van der Waals surface area contributed by atoms with Crippen molar-refractivity contribution in [1.29, 1.82) is 0 Å². The lowest BCUT2D eigenvalue weighted by molar-refractivity contribution is 0.238. The largest absolute Gasteiger partial charge is 0.492 e. The highest BCUT2D eigenvalue weighted by molar-refractivity contribution is 5.45. The van der Waals surface area contributed by atoms with E-state index in [0.29, 0.717) is 6.04 Å². The van der Waals surface area contributed by atoms with Crippen molar-refractivity contribution in [3.8, 4) is 5.75 Å². The first-order valence-corrected chi connectivity index (χ1v) is 7.37. The van der Waals surface area contributed by atoms with Crippen LogP contribution in [0.2, 0.25) is 0 Å². The molecule has 1 aromatic carbocycles. The first-order chi connectivity index (χ1) is 8.86. The number of nitrogens with one attached hydrogen (secondary N) is 1. The van der Waals surface area contributed by atoms with Gasteiger partial charge in [-0.05, 0) is 67.8 Å². The molecule has 0 fully saturated rings. The van der Waals surface area contributed by atoms with Gasteiger partial charge in [-0.1, -0.05) is 13.0 Å². The third-order valence-corrected chi connectivity index (χ3v) is 4.11. The molecule has 1 heterocycles. The summed E-state index contributed by atoms with van der Waals surface area (Å²) in [4.78, 5) is 0. The molecule has 1 unspecified atom stereocenters. The Balaban J connectivity index is 1.78. The first kappa shape index (κ1) is 12.0. The molecule has 0 saturated carbocycles. The van der Waals surface area contributed by atoms with Crippen LogP contribution < -0.4 is 10.1 Å². The Bertz CT molecular complexity index is 427. The Labute approximate surface area is 110 Å². The van der Waals surface area contributed by atoms with Crippen LogP contribution in [0.5, 0.6) is 5.75 Å². The van der Waals surface area contributed by atoms with E-state index in [0.717, 1.165) is 25.3 Å². The third-order valence-electron chi connectivity index (χ3n) is 4.11. The smallest absolute Gasteiger partial charge is 0.122 e. The van der Waals surface area contributed by atoms with Gasteiger partial charge in [-0.25, -0.2) is 0 Å². The minimum atomic E-state index is 0.499. The van der Waals surface area contributed by atoms with Gasteiger partial charge >= 0.3 is 0 Å². The van der Waals surface area contributed by atoms with E-state index in [4.69, 9.17) is 4.74 Å². The van der Waals surface area contributed by atoms with Gasteiger partial charge in [0.05, 0.1) is 0 Å². The quantitative estimate of drug-likeness (QED) is 0.884. The van der Waals surface area contributed by atoms with Crippen LogP contribution in [0.4, 0.5) is 0 Å². The summed E-state index contributed by atoms with van der Waals surface area (Å²) in [6, 6.07) is 5.21. The van der Waals surface area contributed by atoms with Gasteiger partial charge in [-0.15, -0.1) is 0 Å². The molecule has 1 aromatic rings. The number of hydrogen-bond donors (Lipinski definition) is 1. The average molecular weight is 245 g/mol. The van der Waals surface area contributed by atoms with Crippen LogP contribution in [-0.4, -0.2) is 19.2 Å². The molecule has 1 aliphatic carbocycles. The molecule has 0 amide bonds. The van der Waals surface area contributed by atoms with Gasteiger partial charge in [-0.2, -0.15) is 0 Å². The summed E-state index contributed by atoms with van der Waals surface area (Å²) in [5.74, 6) is 1.14. The van der Waals surface area contributed by atoms with Crippen LogP contribution in [0, 0.1) is 0 Å². The zero-order valence-corrected chi connectivity index (χ0v) is 11.3. The number of ether oxygens (including phenoxy) is 1. The average Bonchev–Trinajstić information content (AvgIpc) is 2.42. The second-order valence-corrected chi connectivity index (χ2v) is 5.60. The van der Waals surface area contributed by atoms with Crippen molar-refractivity contribution in [2.75, 3.05) is 13.2 Å². The maximum atomic E-state index is 5.94. The molecule has 1 aliphatic heterocycles. The Hall–Kier alpha value is -1.02. The fraction of sp³-hybridized carbons (Fsp3) is 0.625. The van der Waals surface area contributed by atoms with E-state index in [2.05, 4.69) is 24.4 Å². The van der Waals surface area contributed by atoms with Gasteiger partial charge in [0.25, 0.3) is 0 Å². The third kappa shape index (κ3) is 2.39. The zero-order chi connectivity index (χ0) is 12.4. The minimum Gasteiger partial charge on any atom is -0.492 e. The van der Waals surface area contributed by atoms with E-state index in [9.17, 15) is 0 Å². The van der Waals surface area contributed by atoms with Gasteiger partial charge in [-0.3, -0.25) is 0 Å². The number of fused-ring (bicyclic) bond motifs is 2. The van der Waals surface area contributed by atoms with Crippen LogP contribution in [0.1, 0.15) is 42.9 Å². The fourth-order valence-corrected chi connectivity index (χ4v) is 3.10. The molecule has 0 bridgehead atoms. The summed E-state index contributed by atoms with van der Waals surface area (Å²) in [5, 5.41) is 3.57. The second kappa shape index (κ2) is 5.31. The Morgan fingerprint density at radius 3 is 2.72 bits per heavy atom. The van der Waals surface area contributed by atoms with Gasteiger partial charge in [0.1, 0.15) is 12.4 Å². The number of benzene rings is 1. The maximum Gasteiger partial charge on any atom is 0.122 e. The minimum absolute atomic E-state index is 0.499. The summed E-state index contributed by atoms with van der Waals surface area (Å²) >= 11 is 0. The van der Waals surface area contributed by atoms with Crippen LogP contribution >= 0.6 is 0 Å². The van der Waals surface area contributed by atoms with Crippen LogP contribution in [0.25, 0.3) is 0 Å². The van der Waals surface area contributed by atoms with E-state index in [1.54, 1.807) is 5.56 Å². The Morgan fingerprint density at radius 2 is 1.94 bits per heavy atom. The normalized spacial score (nSPS) is 21.9. The molecule has 2 aliphatic rings. The lowest BCUT2D eigenvalue weighted by Crippen LogP contribution is -2.39. The predicted molar refractivity (Wildman–Crippen MR) is 74.4 cm³/mol. The molecule has 2 heteroatoms. The molecular weight excluding hydrogens is 222 g/mol. The summed E-state index contributed by atoms with van der Waals surface area (Å²) in [5.41, 5.74) is 4.51. The van der Waals surface area contributed by atoms with E-state index in [1.165, 1.54) is 43.2 Å². The van der Waals surface area contributed by atoms with Gasteiger partial charge in [0, 0.05) is 6.04 Å². The number of hydrogen-bond acceptors (Lipinski definition) is 2. The first-order valence-electron chi connectivity index (χ1n) is 7.37. The van der Waals surface area contributed by atoms with Crippen molar-refractivity contribution < 1.29 is 4.74 Å². The van der Waals surface area contributed by atoms with E-state index < -0.39 is 0 Å². The van der Waals surface area contributed by atoms with E-state index in [1.807, 2.05) is 0 Å². The molecule has 18 heavy (non-hydrogen) atoms. The predicted octanol–water partition coefficient (Wildman–Crippen LogP) is 2.87. The van der Waals surface area contributed by atoms with Crippen molar-refractivity contribution in [2.45, 2.75) is 51.5 Å². The number of aryl methyl sites for hydroxylation is 2. The van der Waals surface area contributed by atoms with Gasteiger partial charge in [0.2, 0.25) is 0 Å². The van der Waals surface area contributed by atoms with E-state index in [-0.39, 0.29) is 0 Å². The highest BCUT2D eigenvalue weighted by Crippen LogP contribution is 2.32. The van der Waals surface area contributed by atoms with Gasteiger partial charge in [0.15, 0.2) is 0 Å². The molecule has 2 nitrogen and oxygen atoms in total. The lowest BCUT2D eigenvalue weighted by Gasteiger charge is -2.28. The molecule has 1 N–H and O–H groups in total. The Kier molecular flexibility index (Phi) is 3.55. The topological polar surface area (TPSA) is 21.3 Å². The summed E-state index contributed by atoms with van der Waals surface area (Å²) in [6.07, 6.45) is 7.51. The van der Waals surface area contributed by atoms with Gasteiger partial charge < -0.3 is 10.1 Å². The molecule has 0 aromatic heterocycles. The van der Waals surface area contributed by atoms with E-state index >= 15 is 0 Å².